The Morgan fingerprint density at radius 3 is 2.88 bits per heavy atom. The van der Waals surface area contributed by atoms with E-state index < -0.39 is 0 Å². The number of rotatable bonds is 2. The maximum atomic E-state index is 11.9. The van der Waals surface area contributed by atoms with Crippen LogP contribution in [0.4, 0.5) is 0 Å². The predicted octanol–water partition coefficient (Wildman–Crippen LogP) is 1.33. The van der Waals surface area contributed by atoms with Gasteiger partial charge in [0.1, 0.15) is 10.3 Å². The van der Waals surface area contributed by atoms with Crippen molar-refractivity contribution in [1.29, 1.82) is 0 Å². The van der Waals surface area contributed by atoms with E-state index in [1.807, 2.05) is 6.07 Å². The van der Waals surface area contributed by atoms with Crippen molar-refractivity contribution in [2.75, 3.05) is 13.1 Å². The maximum Gasteiger partial charge on any atom is 0.270 e. The molecule has 2 heterocycles. The second-order valence-corrected chi connectivity index (χ2v) is 4.66. The number of amides is 1. The van der Waals surface area contributed by atoms with Crippen molar-refractivity contribution >= 4 is 21.8 Å². The summed E-state index contributed by atoms with van der Waals surface area (Å²) in [6.45, 7) is 1.94. The molecule has 0 atom stereocenters. The fraction of sp³-hybridized carbons (Fsp3) is 0.455. The Kier molecular flexibility index (Phi) is 3.90. The summed E-state index contributed by atoms with van der Waals surface area (Å²) in [6, 6.07) is 5.62. The number of hydrogen-bond donors (Lipinski definition) is 2. The number of nitrogens with one attached hydrogen (secondary N) is 2. The van der Waals surface area contributed by atoms with Crippen LogP contribution in [0.2, 0.25) is 0 Å². The van der Waals surface area contributed by atoms with Crippen LogP contribution in [0.15, 0.2) is 22.8 Å². The highest BCUT2D eigenvalue weighted by atomic mass is 79.9. The fourth-order valence-corrected chi connectivity index (χ4v) is 2.10. The third kappa shape index (κ3) is 3.02. The number of carbonyl (C=O) groups is 1. The van der Waals surface area contributed by atoms with Gasteiger partial charge in [-0.1, -0.05) is 6.07 Å². The van der Waals surface area contributed by atoms with Crippen molar-refractivity contribution in [3.63, 3.8) is 0 Å². The van der Waals surface area contributed by atoms with Crippen LogP contribution >= 0.6 is 15.9 Å². The molecular formula is C11H14BrN3O. The van der Waals surface area contributed by atoms with Crippen molar-refractivity contribution in [1.82, 2.24) is 15.6 Å². The van der Waals surface area contributed by atoms with Gasteiger partial charge in [0, 0.05) is 6.04 Å². The average molecular weight is 284 g/mol. The van der Waals surface area contributed by atoms with Gasteiger partial charge in [0.05, 0.1) is 0 Å². The van der Waals surface area contributed by atoms with E-state index >= 15 is 0 Å². The summed E-state index contributed by atoms with van der Waals surface area (Å²) in [5, 5.41) is 6.26. The summed E-state index contributed by atoms with van der Waals surface area (Å²) < 4.78 is 0.686. The van der Waals surface area contributed by atoms with Gasteiger partial charge < -0.3 is 10.6 Å². The molecule has 2 N–H and O–H groups in total. The number of halogens is 1. The van der Waals surface area contributed by atoms with E-state index in [0.717, 1.165) is 25.9 Å². The second-order valence-electron chi connectivity index (χ2n) is 3.84. The first-order chi connectivity index (χ1) is 7.75. The Labute approximate surface area is 103 Å². The molecule has 1 fully saturated rings. The monoisotopic (exact) mass is 283 g/mol. The summed E-state index contributed by atoms with van der Waals surface area (Å²) in [5.74, 6) is -0.0896. The molecule has 0 bridgehead atoms. The highest BCUT2D eigenvalue weighted by molar-refractivity contribution is 9.10. The van der Waals surface area contributed by atoms with E-state index in [1.54, 1.807) is 12.1 Å². The fourth-order valence-electron chi connectivity index (χ4n) is 1.76. The zero-order chi connectivity index (χ0) is 11.4. The van der Waals surface area contributed by atoms with Crippen molar-refractivity contribution in [2.45, 2.75) is 18.9 Å². The van der Waals surface area contributed by atoms with Gasteiger partial charge in [-0.15, -0.1) is 0 Å². The first-order valence-electron chi connectivity index (χ1n) is 5.40. The van der Waals surface area contributed by atoms with Gasteiger partial charge in [-0.3, -0.25) is 4.79 Å². The molecule has 0 aliphatic carbocycles. The molecule has 2 rings (SSSR count). The number of piperidine rings is 1. The Balaban J connectivity index is 1.97. The average Bonchev–Trinajstić information content (AvgIpc) is 2.30. The molecule has 1 saturated heterocycles. The molecule has 1 aliphatic heterocycles. The SMILES string of the molecule is O=C(NC1CCNCC1)c1cccc(Br)n1. The van der Waals surface area contributed by atoms with Crippen molar-refractivity contribution < 1.29 is 4.79 Å². The molecule has 1 aliphatic rings. The van der Waals surface area contributed by atoms with Crippen molar-refractivity contribution in [3.05, 3.63) is 28.5 Å². The lowest BCUT2D eigenvalue weighted by Gasteiger charge is -2.23. The lowest BCUT2D eigenvalue weighted by atomic mass is 10.1. The van der Waals surface area contributed by atoms with E-state index in [-0.39, 0.29) is 11.9 Å². The largest absolute Gasteiger partial charge is 0.348 e. The number of pyridine rings is 1. The summed E-state index contributed by atoms with van der Waals surface area (Å²) in [5.41, 5.74) is 0.466. The van der Waals surface area contributed by atoms with Gasteiger partial charge >= 0.3 is 0 Å². The number of nitrogens with zero attached hydrogens (tertiary/aromatic N) is 1. The number of hydrogen-bond acceptors (Lipinski definition) is 3. The van der Waals surface area contributed by atoms with E-state index in [9.17, 15) is 4.79 Å². The quantitative estimate of drug-likeness (QED) is 0.805. The predicted molar refractivity (Wildman–Crippen MR) is 65.3 cm³/mol. The van der Waals surface area contributed by atoms with Gasteiger partial charge in [-0.25, -0.2) is 4.98 Å². The van der Waals surface area contributed by atoms with E-state index in [0.29, 0.717) is 10.3 Å². The standard InChI is InChI=1S/C11H14BrN3O/c12-10-3-1-2-9(15-10)11(16)14-8-4-6-13-7-5-8/h1-3,8,13H,4-7H2,(H,14,16). The molecule has 1 aromatic rings. The zero-order valence-corrected chi connectivity index (χ0v) is 10.5. The highest BCUT2D eigenvalue weighted by Crippen LogP contribution is 2.08. The molecular weight excluding hydrogens is 270 g/mol. The third-order valence-corrected chi connectivity index (χ3v) is 3.06. The number of aromatic nitrogens is 1. The lowest BCUT2D eigenvalue weighted by Crippen LogP contribution is -2.42. The third-order valence-electron chi connectivity index (χ3n) is 2.62. The minimum absolute atomic E-state index is 0.0896. The molecule has 0 aromatic carbocycles. The summed E-state index contributed by atoms with van der Waals surface area (Å²) in [6.07, 6.45) is 1.97. The summed E-state index contributed by atoms with van der Waals surface area (Å²) in [7, 11) is 0. The molecule has 0 saturated carbocycles. The first-order valence-corrected chi connectivity index (χ1v) is 6.19. The Bertz CT molecular complexity index is 377. The molecule has 86 valence electrons. The van der Waals surface area contributed by atoms with Gasteiger partial charge in [-0.05, 0) is 54.0 Å². The molecule has 0 spiro atoms. The van der Waals surface area contributed by atoms with Crippen LogP contribution in [0.25, 0.3) is 0 Å². The van der Waals surface area contributed by atoms with Gasteiger partial charge in [0.25, 0.3) is 5.91 Å². The first kappa shape index (κ1) is 11.5. The summed E-state index contributed by atoms with van der Waals surface area (Å²) in [4.78, 5) is 16.0. The van der Waals surface area contributed by atoms with Crippen LogP contribution in [0.1, 0.15) is 23.3 Å². The summed E-state index contributed by atoms with van der Waals surface area (Å²) >= 11 is 3.25. The minimum Gasteiger partial charge on any atom is -0.348 e. The van der Waals surface area contributed by atoms with E-state index in [4.69, 9.17) is 0 Å². The molecule has 1 amide bonds. The minimum atomic E-state index is -0.0896. The molecule has 16 heavy (non-hydrogen) atoms. The normalized spacial score (nSPS) is 17.1. The van der Waals surface area contributed by atoms with Crippen molar-refractivity contribution in [3.8, 4) is 0 Å². The van der Waals surface area contributed by atoms with E-state index in [1.165, 1.54) is 0 Å². The van der Waals surface area contributed by atoms with Crippen LogP contribution in [0.5, 0.6) is 0 Å². The van der Waals surface area contributed by atoms with Gasteiger partial charge in [-0.2, -0.15) is 0 Å². The highest BCUT2D eigenvalue weighted by Gasteiger charge is 2.16. The smallest absolute Gasteiger partial charge is 0.270 e. The molecule has 4 nitrogen and oxygen atoms in total. The topological polar surface area (TPSA) is 54.0 Å². The Hall–Kier alpha value is -0.940. The number of carbonyl (C=O) groups excluding carboxylic acids is 1. The maximum absolute atomic E-state index is 11.9. The Morgan fingerprint density at radius 1 is 1.44 bits per heavy atom. The van der Waals surface area contributed by atoms with Gasteiger partial charge in [0.2, 0.25) is 0 Å². The van der Waals surface area contributed by atoms with Gasteiger partial charge in [0.15, 0.2) is 0 Å². The van der Waals surface area contributed by atoms with Crippen LogP contribution in [0, 0.1) is 0 Å². The molecule has 1 aromatic heterocycles. The van der Waals surface area contributed by atoms with Crippen LogP contribution < -0.4 is 10.6 Å². The molecule has 5 heteroatoms. The van der Waals surface area contributed by atoms with E-state index in [2.05, 4.69) is 31.5 Å². The van der Waals surface area contributed by atoms with Crippen LogP contribution in [-0.4, -0.2) is 30.0 Å². The Morgan fingerprint density at radius 2 is 2.19 bits per heavy atom. The zero-order valence-electron chi connectivity index (χ0n) is 8.87. The molecule has 0 unspecified atom stereocenters. The van der Waals surface area contributed by atoms with Crippen LogP contribution in [-0.2, 0) is 0 Å². The van der Waals surface area contributed by atoms with Crippen LogP contribution in [0.3, 0.4) is 0 Å². The lowest BCUT2D eigenvalue weighted by molar-refractivity contribution is 0.0924. The van der Waals surface area contributed by atoms with Crippen molar-refractivity contribution in [2.24, 2.45) is 0 Å². The molecule has 0 radical (unpaired) electrons. The second kappa shape index (κ2) is 5.41.